The van der Waals surface area contributed by atoms with E-state index in [0.29, 0.717) is 6.61 Å². The average Bonchev–Trinajstić information content (AvgIpc) is 3.41. The molecule has 0 amide bonds. The van der Waals surface area contributed by atoms with Crippen LogP contribution in [0.2, 0.25) is 0 Å². The molecule has 0 saturated heterocycles. The van der Waals surface area contributed by atoms with Gasteiger partial charge in [0.15, 0.2) is 0 Å². The van der Waals surface area contributed by atoms with Gasteiger partial charge in [-0.15, -0.1) is 11.3 Å². The summed E-state index contributed by atoms with van der Waals surface area (Å²) >= 11 is 1.67. The lowest BCUT2D eigenvalue weighted by Gasteiger charge is -2.09. The monoisotopic (exact) mass is 434 g/mol. The average molecular weight is 435 g/mol. The van der Waals surface area contributed by atoms with Crippen molar-refractivity contribution in [3.63, 3.8) is 0 Å². The summed E-state index contributed by atoms with van der Waals surface area (Å²) in [6.45, 7) is 4.84. The van der Waals surface area contributed by atoms with E-state index >= 15 is 0 Å². The summed E-state index contributed by atoms with van der Waals surface area (Å²) in [7, 11) is 3.35. The highest BCUT2D eigenvalue weighted by atomic mass is 32.1. The van der Waals surface area contributed by atoms with Crippen LogP contribution in [0.5, 0.6) is 11.5 Å². The van der Waals surface area contributed by atoms with Crippen LogP contribution in [0.3, 0.4) is 0 Å². The highest BCUT2D eigenvalue weighted by Crippen LogP contribution is 2.42. The van der Waals surface area contributed by atoms with Crippen LogP contribution in [0.15, 0.2) is 60.8 Å². The van der Waals surface area contributed by atoms with Gasteiger partial charge in [0, 0.05) is 11.8 Å². The minimum absolute atomic E-state index is 0.656. The smallest absolute Gasteiger partial charge is 0.144 e. The van der Waals surface area contributed by atoms with Crippen molar-refractivity contribution in [1.82, 2.24) is 9.71 Å². The zero-order valence-corrected chi connectivity index (χ0v) is 19.0. The lowest BCUT2D eigenvalue weighted by Crippen LogP contribution is -2.12. The number of rotatable bonds is 8. The molecule has 0 aliphatic carbocycles. The Morgan fingerprint density at radius 2 is 1.48 bits per heavy atom. The molecular weight excluding hydrogens is 408 g/mol. The Kier molecular flexibility index (Phi) is 6.28. The van der Waals surface area contributed by atoms with Gasteiger partial charge >= 0.3 is 0 Å². The van der Waals surface area contributed by atoms with Crippen molar-refractivity contribution in [2.75, 3.05) is 20.8 Å². The van der Waals surface area contributed by atoms with Crippen LogP contribution < -0.4 is 14.3 Å². The number of hydrogen-bond donors (Lipinski definition) is 0. The van der Waals surface area contributed by atoms with Gasteiger partial charge in [0.25, 0.3) is 0 Å². The molecule has 0 radical (unpaired) electrons. The number of benzene rings is 2. The third-order valence-electron chi connectivity index (χ3n) is 5.03. The number of aromatic nitrogens is 2. The highest BCUT2D eigenvalue weighted by Gasteiger charge is 2.20. The molecule has 0 aliphatic heterocycles. The largest absolute Gasteiger partial charge is 0.497 e. The summed E-state index contributed by atoms with van der Waals surface area (Å²) in [5.74, 6) is 1.65. The molecule has 0 bridgehead atoms. The van der Waals surface area contributed by atoms with E-state index in [4.69, 9.17) is 19.3 Å². The Balaban J connectivity index is 1.85. The van der Waals surface area contributed by atoms with Gasteiger partial charge in [0.2, 0.25) is 0 Å². The summed E-state index contributed by atoms with van der Waals surface area (Å²) in [6, 6.07) is 18.2. The molecule has 2 aromatic carbocycles. The van der Waals surface area contributed by atoms with Crippen molar-refractivity contribution in [1.29, 1.82) is 0 Å². The number of hydrogen-bond acceptors (Lipinski definition) is 5. The van der Waals surface area contributed by atoms with Crippen LogP contribution in [0.1, 0.15) is 18.9 Å². The van der Waals surface area contributed by atoms with E-state index in [0.717, 1.165) is 55.9 Å². The minimum Gasteiger partial charge on any atom is -0.497 e. The van der Waals surface area contributed by atoms with E-state index in [2.05, 4.69) is 32.0 Å². The predicted octanol–water partition coefficient (Wildman–Crippen LogP) is 6.11. The topological polar surface area (TPSA) is 45.5 Å². The van der Waals surface area contributed by atoms with Crippen molar-refractivity contribution in [3.05, 3.63) is 66.4 Å². The first-order valence-electron chi connectivity index (χ1n) is 10.3. The molecule has 4 aromatic rings. The summed E-state index contributed by atoms with van der Waals surface area (Å²) in [4.78, 5) is 12.1. The summed E-state index contributed by atoms with van der Waals surface area (Å²) in [5.41, 5.74) is 5.20. The molecule has 2 aromatic heterocycles. The first kappa shape index (κ1) is 21.0. The lowest BCUT2D eigenvalue weighted by atomic mass is 10.1. The molecule has 160 valence electrons. The van der Waals surface area contributed by atoms with Crippen molar-refractivity contribution >= 4 is 11.3 Å². The van der Waals surface area contributed by atoms with Gasteiger partial charge in [0.1, 0.15) is 28.8 Å². The predicted molar refractivity (Wildman–Crippen MR) is 126 cm³/mol. The lowest BCUT2D eigenvalue weighted by molar-refractivity contribution is 0.115. The fourth-order valence-electron chi connectivity index (χ4n) is 3.37. The first-order valence-corrected chi connectivity index (χ1v) is 11.1. The van der Waals surface area contributed by atoms with Crippen molar-refractivity contribution < 1.29 is 14.3 Å². The van der Waals surface area contributed by atoms with Crippen LogP contribution in [0, 0.1) is 6.92 Å². The molecule has 0 N–H and O–H groups in total. The summed E-state index contributed by atoms with van der Waals surface area (Å²) < 4.78 is 12.5. The standard InChI is InChI=1S/C25H26N2O3S/c1-5-16-30-27-15-14-17(2)23(27)25-26-22(18-6-10-20(28-3)11-7-18)24(31-25)19-8-12-21(29-4)13-9-19/h6-15H,5,16H2,1-4H3. The van der Waals surface area contributed by atoms with Crippen LogP contribution in [0.4, 0.5) is 0 Å². The number of methoxy groups -OCH3 is 2. The fourth-order valence-corrected chi connectivity index (χ4v) is 4.56. The summed E-state index contributed by atoms with van der Waals surface area (Å²) in [6.07, 6.45) is 2.91. The molecule has 4 rings (SSSR count). The van der Waals surface area contributed by atoms with Crippen molar-refractivity contribution in [2.24, 2.45) is 0 Å². The Morgan fingerprint density at radius 1 is 0.871 bits per heavy atom. The maximum atomic E-state index is 5.93. The van der Waals surface area contributed by atoms with E-state index in [-0.39, 0.29) is 0 Å². The number of aryl methyl sites for hydroxylation is 1. The second-order valence-corrected chi connectivity index (χ2v) is 8.16. The Bertz CT molecular complexity index is 1080. The molecule has 0 atom stereocenters. The van der Waals surface area contributed by atoms with Crippen molar-refractivity contribution in [3.8, 4) is 43.9 Å². The van der Waals surface area contributed by atoms with Crippen LogP contribution in [-0.2, 0) is 0 Å². The molecule has 0 fully saturated rings. The van der Waals surface area contributed by atoms with E-state index in [9.17, 15) is 0 Å². The zero-order valence-electron chi connectivity index (χ0n) is 18.2. The Morgan fingerprint density at radius 3 is 2.06 bits per heavy atom. The Labute approximate surface area is 186 Å². The van der Waals surface area contributed by atoms with Gasteiger partial charge in [-0.25, -0.2) is 4.98 Å². The number of nitrogens with zero attached hydrogens (tertiary/aromatic N) is 2. The maximum absolute atomic E-state index is 5.93. The molecule has 5 nitrogen and oxygen atoms in total. The number of thiazole rings is 1. The minimum atomic E-state index is 0.656. The molecule has 31 heavy (non-hydrogen) atoms. The molecule has 0 saturated carbocycles. The maximum Gasteiger partial charge on any atom is 0.144 e. The third-order valence-corrected chi connectivity index (χ3v) is 6.14. The molecule has 0 spiro atoms. The van der Waals surface area contributed by atoms with Gasteiger partial charge < -0.3 is 14.3 Å². The van der Waals surface area contributed by atoms with Crippen molar-refractivity contribution in [2.45, 2.75) is 20.3 Å². The van der Waals surface area contributed by atoms with E-state index < -0.39 is 0 Å². The second-order valence-electron chi connectivity index (χ2n) is 7.16. The SMILES string of the molecule is CCCOn1ccc(C)c1-c1nc(-c2ccc(OC)cc2)c(-c2ccc(OC)cc2)s1. The third kappa shape index (κ3) is 4.30. The Hall–Kier alpha value is -3.25. The quantitative estimate of drug-likeness (QED) is 0.336. The van der Waals surface area contributed by atoms with E-state index in [1.165, 1.54) is 0 Å². The van der Waals surface area contributed by atoms with E-state index in [1.54, 1.807) is 25.6 Å². The molecule has 0 aliphatic rings. The second kappa shape index (κ2) is 9.27. The van der Waals surface area contributed by atoms with E-state index in [1.807, 2.05) is 47.3 Å². The summed E-state index contributed by atoms with van der Waals surface area (Å²) in [5, 5.41) is 0.926. The first-order chi connectivity index (χ1) is 15.1. The molecule has 2 heterocycles. The number of ether oxygens (including phenoxy) is 2. The molecule has 6 heteroatoms. The fraction of sp³-hybridized carbons (Fsp3) is 0.240. The van der Waals surface area contributed by atoms with Crippen LogP contribution in [0.25, 0.3) is 32.4 Å². The van der Waals surface area contributed by atoms with Gasteiger partial charge in [0.05, 0.1) is 24.8 Å². The van der Waals surface area contributed by atoms with Crippen LogP contribution >= 0.6 is 11.3 Å². The van der Waals surface area contributed by atoms with Gasteiger partial charge in [-0.05, 0) is 79.1 Å². The molecular formula is C25H26N2O3S. The van der Waals surface area contributed by atoms with Gasteiger partial charge in [-0.1, -0.05) is 6.92 Å². The van der Waals surface area contributed by atoms with Crippen LogP contribution in [-0.4, -0.2) is 30.5 Å². The normalized spacial score (nSPS) is 10.8. The molecule has 0 unspecified atom stereocenters. The highest BCUT2D eigenvalue weighted by molar-refractivity contribution is 7.19. The van der Waals surface area contributed by atoms with Gasteiger partial charge in [-0.3, -0.25) is 0 Å². The zero-order chi connectivity index (χ0) is 21.8. The van der Waals surface area contributed by atoms with Gasteiger partial charge in [-0.2, -0.15) is 4.73 Å².